The van der Waals surface area contributed by atoms with Gasteiger partial charge in [0.25, 0.3) is 0 Å². The van der Waals surface area contributed by atoms with E-state index in [-0.39, 0.29) is 0 Å². The van der Waals surface area contributed by atoms with Crippen LogP contribution in [0.25, 0.3) is 0 Å². The van der Waals surface area contributed by atoms with Crippen molar-refractivity contribution in [2.24, 2.45) is 0 Å². The maximum atomic E-state index is 5.97. The first-order valence-corrected chi connectivity index (χ1v) is 8.30. The lowest BCUT2D eigenvalue weighted by atomic mass is 10.0. The molecule has 1 aromatic carbocycles. The highest BCUT2D eigenvalue weighted by Gasteiger charge is 2.25. The van der Waals surface area contributed by atoms with Gasteiger partial charge in [-0.15, -0.1) is 0 Å². The van der Waals surface area contributed by atoms with Crippen molar-refractivity contribution in [1.29, 1.82) is 0 Å². The third kappa shape index (κ3) is 4.68. The topological polar surface area (TPSA) is 24.5 Å². The molecule has 118 valence electrons. The van der Waals surface area contributed by atoms with Crippen molar-refractivity contribution >= 4 is 11.6 Å². The quantitative estimate of drug-likeness (QED) is 0.870. The molecule has 1 aromatic rings. The predicted molar refractivity (Wildman–Crippen MR) is 88.9 cm³/mol. The number of hydrogen-bond donors (Lipinski definition) is 1. The highest BCUT2D eigenvalue weighted by Crippen LogP contribution is 2.21. The van der Waals surface area contributed by atoms with Gasteiger partial charge in [0.05, 0.1) is 12.7 Å². The molecule has 1 heterocycles. The number of halogens is 1. The van der Waals surface area contributed by atoms with Gasteiger partial charge in [0.1, 0.15) is 0 Å². The molecule has 4 heteroatoms. The second kappa shape index (κ2) is 8.14. The summed E-state index contributed by atoms with van der Waals surface area (Å²) in [6.45, 7) is 7.40. The van der Waals surface area contributed by atoms with Crippen molar-refractivity contribution in [2.45, 2.75) is 44.9 Å². The smallest absolute Gasteiger partial charge is 0.0674 e. The van der Waals surface area contributed by atoms with Gasteiger partial charge in [-0.05, 0) is 44.5 Å². The summed E-state index contributed by atoms with van der Waals surface area (Å²) in [5, 5.41) is 4.21. The summed E-state index contributed by atoms with van der Waals surface area (Å²) in [7, 11) is 2.03. The Balaban J connectivity index is 1.93. The van der Waals surface area contributed by atoms with Gasteiger partial charge in [-0.1, -0.05) is 30.7 Å². The highest BCUT2D eigenvalue weighted by molar-refractivity contribution is 6.30. The average Bonchev–Trinajstić information content (AvgIpc) is 2.50. The Hall–Kier alpha value is -0.610. The summed E-state index contributed by atoms with van der Waals surface area (Å²) < 4.78 is 5.77. The van der Waals surface area contributed by atoms with E-state index in [0.717, 1.165) is 37.6 Å². The fourth-order valence-corrected chi connectivity index (χ4v) is 3.16. The van der Waals surface area contributed by atoms with E-state index in [2.05, 4.69) is 36.2 Å². The van der Waals surface area contributed by atoms with Crippen molar-refractivity contribution in [2.75, 3.05) is 26.7 Å². The summed E-state index contributed by atoms with van der Waals surface area (Å²) in [6, 6.07) is 9.09. The van der Waals surface area contributed by atoms with E-state index in [1.807, 2.05) is 19.2 Å². The van der Waals surface area contributed by atoms with Crippen LogP contribution >= 0.6 is 11.6 Å². The molecule has 1 N–H and O–H groups in total. The van der Waals surface area contributed by atoms with E-state index in [1.54, 1.807) is 0 Å². The van der Waals surface area contributed by atoms with Crippen LogP contribution < -0.4 is 5.32 Å². The van der Waals surface area contributed by atoms with E-state index in [0.29, 0.717) is 18.2 Å². The molecule has 3 unspecified atom stereocenters. The lowest BCUT2D eigenvalue weighted by Gasteiger charge is -2.39. The Morgan fingerprint density at radius 1 is 1.38 bits per heavy atom. The number of morpholine rings is 1. The minimum atomic E-state index is 0.344. The van der Waals surface area contributed by atoms with Crippen molar-refractivity contribution < 1.29 is 4.74 Å². The zero-order chi connectivity index (χ0) is 15.2. The van der Waals surface area contributed by atoms with E-state index in [1.165, 1.54) is 5.56 Å². The van der Waals surface area contributed by atoms with Gasteiger partial charge in [-0.2, -0.15) is 0 Å². The van der Waals surface area contributed by atoms with Crippen LogP contribution in [-0.4, -0.2) is 43.8 Å². The van der Waals surface area contributed by atoms with Crippen LogP contribution in [0.2, 0.25) is 5.02 Å². The van der Waals surface area contributed by atoms with Crippen LogP contribution in [0.4, 0.5) is 0 Å². The molecule has 0 aromatic heterocycles. The molecule has 2 rings (SSSR count). The van der Waals surface area contributed by atoms with Gasteiger partial charge in [-0.3, -0.25) is 4.90 Å². The predicted octanol–water partition coefficient (Wildman–Crippen LogP) is 3.49. The third-order valence-corrected chi connectivity index (χ3v) is 4.63. The molecule has 3 atom stereocenters. The Morgan fingerprint density at radius 3 is 2.71 bits per heavy atom. The molecule has 0 saturated carbocycles. The lowest BCUT2D eigenvalue weighted by Crippen LogP contribution is -2.49. The molecule has 21 heavy (non-hydrogen) atoms. The van der Waals surface area contributed by atoms with E-state index >= 15 is 0 Å². The Kier molecular flexibility index (Phi) is 6.49. The number of hydrogen-bond acceptors (Lipinski definition) is 3. The summed E-state index contributed by atoms with van der Waals surface area (Å²) in [5.41, 5.74) is 1.30. The average molecular weight is 311 g/mol. The minimum absolute atomic E-state index is 0.344. The van der Waals surface area contributed by atoms with Crippen molar-refractivity contribution in [3.8, 4) is 0 Å². The van der Waals surface area contributed by atoms with Gasteiger partial charge >= 0.3 is 0 Å². The van der Waals surface area contributed by atoms with Crippen LogP contribution in [0.15, 0.2) is 24.3 Å². The first-order valence-electron chi connectivity index (χ1n) is 7.92. The summed E-state index contributed by atoms with van der Waals surface area (Å²) in [4.78, 5) is 2.58. The lowest BCUT2D eigenvalue weighted by molar-refractivity contribution is -0.0566. The Labute approximate surface area is 133 Å². The SMILES string of the molecule is CCC1COC(C)CN1CCC(NC)c1ccc(Cl)cc1. The minimum Gasteiger partial charge on any atom is -0.376 e. The standard InChI is InChI=1S/C17H27ClN2O/c1-4-16-12-21-13(2)11-20(16)10-9-17(19-3)14-5-7-15(18)8-6-14/h5-8,13,16-17,19H,4,9-12H2,1-3H3. The molecule has 0 aliphatic carbocycles. The van der Waals surface area contributed by atoms with E-state index in [9.17, 15) is 0 Å². The third-order valence-electron chi connectivity index (χ3n) is 4.38. The molecule has 0 bridgehead atoms. The van der Waals surface area contributed by atoms with E-state index < -0.39 is 0 Å². The molecular weight excluding hydrogens is 284 g/mol. The van der Waals surface area contributed by atoms with Crippen LogP contribution in [0, 0.1) is 0 Å². The fourth-order valence-electron chi connectivity index (χ4n) is 3.03. The molecule has 0 radical (unpaired) electrons. The Bertz CT molecular complexity index is 423. The number of nitrogens with zero attached hydrogens (tertiary/aromatic N) is 1. The zero-order valence-corrected chi connectivity index (χ0v) is 14.1. The van der Waals surface area contributed by atoms with E-state index in [4.69, 9.17) is 16.3 Å². The van der Waals surface area contributed by atoms with Crippen molar-refractivity contribution in [1.82, 2.24) is 10.2 Å². The van der Waals surface area contributed by atoms with Crippen LogP contribution in [0.5, 0.6) is 0 Å². The first-order chi connectivity index (χ1) is 10.1. The Morgan fingerprint density at radius 2 is 2.10 bits per heavy atom. The maximum Gasteiger partial charge on any atom is 0.0674 e. The summed E-state index contributed by atoms with van der Waals surface area (Å²) in [6.07, 6.45) is 2.59. The number of ether oxygens (including phenoxy) is 1. The van der Waals surface area contributed by atoms with Gasteiger partial charge in [-0.25, -0.2) is 0 Å². The molecule has 1 aliphatic rings. The first kappa shape index (κ1) is 16.8. The molecular formula is C17H27ClN2O. The monoisotopic (exact) mass is 310 g/mol. The normalized spacial score (nSPS) is 25.0. The van der Waals surface area contributed by atoms with Gasteiger partial charge < -0.3 is 10.1 Å². The largest absolute Gasteiger partial charge is 0.376 e. The van der Waals surface area contributed by atoms with Gasteiger partial charge in [0.2, 0.25) is 0 Å². The van der Waals surface area contributed by atoms with Crippen molar-refractivity contribution in [3.63, 3.8) is 0 Å². The second-order valence-electron chi connectivity index (χ2n) is 5.88. The molecule has 3 nitrogen and oxygen atoms in total. The van der Waals surface area contributed by atoms with Gasteiger partial charge in [0, 0.05) is 30.2 Å². The molecule has 0 spiro atoms. The van der Waals surface area contributed by atoms with Crippen LogP contribution in [-0.2, 0) is 4.74 Å². The zero-order valence-electron chi connectivity index (χ0n) is 13.3. The molecule has 1 saturated heterocycles. The maximum absolute atomic E-state index is 5.97. The van der Waals surface area contributed by atoms with Crippen molar-refractivity contribution in [3.05, 3.63) is 34.9 Å². The highest BCUT2D eigenvalue weighted by atomic mass is 35.5. The van der Waals surface area contributed by atoms with Crippen LogP contribution in [0.1, 0.15) is 38.3 Å². The fraction of sp³-hybridized carbons (Fsp3) is 0.647. The summed E-state index contributed by atoms with van der Waals surface area (Å²) in [5.74, 6) is 0. The summed E-state index contributed by atoms with van der Waals surface area (Å²) >= 11 is 5.97. The number of nitrogens with one attached hydrogen (secondary N) is 1. The molecule has 1 fully saturated rings. The number of benzene rings is 1. The number of rotatable bonds is 6. The van der Waals surface area contributed by atoms with Crippen LogP contribution in [0.3, 0.4) is 0 Å². The molecule has 0 amide bonds. The molecule has 1 aliphatic heterocycles. The van der Waals surface area contributed by atoms with Gasteiger partial charge in [0.15, 0.2) is 0 Å². The second-order valence-corrected chi connectivity index (χ2v) is 6.32.